The molecule has 24 heavy (non-hydrogen) atoms. The van der Waals surface area contributed by atoms with Crippen molar-refractivity contribution in [2.45, 2.75) is 6.54 Å². The fourth-order valence-electron chi connectivity index (χ4n) is 2.77. The van der Waals surface area contributed by atoms with E-state index >= 15 is 0 Å². The van der Waals surface area contributed by atoms with Crippen molar-refractivity contribution in [1.82, 2.24) is 9.47 Å². The number of aromatic nitrogens is 1. The maximum absolute atomic E-state index is 6.14. The van der Waals surface area contributed by atoms with Crippen molar-refractivity contribution in [2.75, 3.05) is 31.1 Å². The summed E-state index contributed by atoms with van der Waals surface area (Å²) < 4.78 is 2.02. The van der Waals surface area contributed by atoms with Crippen LogP contribution in [-0.2, 0) is 13.6 Å². The van der Waals surface area contributed by atoms with Crippen LogP contribution in [0, 0.1) is 0 Å². The Kier molecular flexibility index (Phi) is 6.79. The molecule has 1 fully saturated rings. The molecule has 1 aliphatic heterocycles. The van der Waals surface area contributed by atoms with Gasteiger partial charge in [0, 0.05) is 56.3 Å². The molecule has 0 aliphatic carbocycles. The van der Waals surface area contributed by atoms with Crippen LogP contribution in [-0.4, -0.2) is 41.6 Å². The molecule has 2 aromatic rings. The first-order valence-electron chi connectivity index (χ1n) is 7.78. The van der Waals surface area contributed by atoms with E-state index in [0.717, 1.165) is 31.2 Å². The molecule has 0 radical (unpaired) electrons. The molecule has 3 rings (SSSR count). The molecule has 2 N–H and O–H groups in total. The number of hydrogen-bond donors (Lipinski definition) is 1. The molecule has 0 unspecified atom stereocenters. The first-order valence-corrected chi connectivity index (χ1v) is 8.16. The zero-order chi connectivity index (χ0) is 16.2. The van der Waals surface area contributed by atoms with Crippen LogP contribution in [0.5, 0.6) is 0 Å². The minimum atomic E-state index is 0. The molecule has 1 aliphatic rings. The summed E-state index contributed by atoms with van der Waals surface area (Å²) in [6, 6.07) is 10.0. The number of halogens is 2. The number of aliphatic imine (C=N–C) groups is 1. The van der Waals surface area contributed by atoms with Gasteiger partial charge in [-0.15, -0.1) is 24.0 Å². The largest absolute Gasteiger partial charge is 0.370 e. The van der Waals surface area contributed by atoms with Crippen LogP contribution < -0.4 is 10.6 Å². The summed E-state index contributed by atoms with van der Waals surface area (Å²) in [4.78, 5) is 9.00. The van der Waals surface area contributed by atoms with Crippen LogP contribution >= 0.6 is 35.6 Å². The van der Waals surface area contributed by atoms with Gasteiger partial charge in [-0.3, -0.25) is 0 Å². The Morgan fingerprint density at radius 1 is 1.12 bits per heavy atom. The minimum absolute atomic E-state index is 0. The number of benzene rings is 1. The first-order chi connectivity index (χ1) is 11.1. The molecular formula is C17H23ClIN5. The van der Waals surface area contributed by atoms with Crippen molar-refractivity contribution >= 4 is 47.2 Å². The fraction of sp³-hybridized carbons (Fsp3) is 0.353. The van der Waals surface area contributed by atoms with E-state index in [9.17, 15) is 0 Å². The number of aryl methyl sites for hydroxylation is 1. The molecule has 0 saturated carbocycles. The number of guanidine groups is 1. The third kappa shape index (κ3) is 4.80. The van der Waals surface area contributed by atoms with Gasteiger partial charge in [0.05, 0.1) is 6.54 Å². The second-order valence-electron chi connectivity index (χ2n) is 5.81. The van der Waals surface area contributed by atoms with Crippen molar-refractivity contribution in [2.24, 2.45) is 17.8 Å². The second-order valence-corrected chi connectivity index (χ2v) is 6.25. The lowest BCUT2D eigenvalue weighted by Crippen LogP contribution is -2.51. The lowest BCUT2D eigenvalue weighted by Gasteiger charge is -2.36. The molecule has 0 bridgehead atoms. The fourth-order valence-corrected chi connectivity index (χ4v) is 2.90. The third-order valence-electron chi connectivity index (χ3n) is 4.11. The molecule has 0 amide bonds. The normalized spacial score (nSPS) is 15.3. The Morgan fingerprint density at radius 3 is 2.38 bits per heavy atom. The van der Waals surface area contributed by atoms with E-state index in [2.05, 4.69) is 39.2 Å². The standard InChI is InChI=1S/C17H22ClN5.HI/c1-21-7-6-14(13-21)12-20-17(19)23-10-8-22(9-11-23)16-4-2-15(18)3-5-16;/h2-7,13H,8-12H2,1H3,(H2,19,20);1H. The van der Waals surface area contributed by atoms with Crippen molar-refractivity contribution in [3.8, 4) is 0 Å². The maximum atomic E-state index is 6.14. The van der Waals surface area contributed by atoms with E-state index in [-0.39, 0.29) is 24.0 Å². The Labute approximate surface area is 165 Å². The van der Waals surface area contributed by atoms with Crippen molar-refractivity contribution < 1.29 is 0 Å². The van der Waals surface area contributed by atoms with Gasteiger partial charge in [0.2, 0.25) is 0 Å². The number of anilines is 1. The van der Waals surface area contributed by atoms with Gasteiger partial charge in [-0.05, 0) is 35.9 Å². The topological polar surface area (TPSA) is 49.8 Å². The molecule has 5 nitrogen and oxygen atoms in total. The predicted octanol–water partition coefficient (Wildman–Crippen LogP) is 2.93. The van der Waals surface area contributed by atoms with Crippen LogP contribution in [0.15, 0.2) is 47.7 Å². The molecule has 130 valence electrons. The average molecular weight is 460 g/mol. The van der Waals surface area contributed by atoms with Gasteiger partial charge in [0.25, 0.3) is 0 Å². The summed E-state index contributed by atoms with van der Waals surface area (Å²) in [7, 11) is 2.01. The molecule has 7 heteroatoms. The average Bonchev–Trinajstić information content (AvgIpc) is 2.99. The van der Waals surface area contributed by atoms with E-state index in [1.807, 2.05) is 29.9 Å². The highest BCUT2D eigenvalue weighted by Crippen LogP contribution is 2.19. The zero-order valence-corrected chi connectivity index (χ0v) is 16.8. The number of nitrogens with zero attached hydrogens (tertiary/aromatic N) is 4. The highest BCUT2D eigenvalue weighted by atomic mass is 127. The SMILES string of the molecule is Cn1ccc(CN=C(N)N2CCN(c3ccc(Cl)cc3)CC2)c1.I. The van der Waals surface area contributed by atoms with Gasteiger partial charge < -0.3 is 20.1 Å². The highest BCUT2D eigenvalue weighted by molar-refractivity contribution is 14.0. The van der Waals surface area contributed by atoms with Gasteiger partial charge in [0.1, 0.15) is 0 Å². The summed E-state index contributed by atoms with van der Waals surface area (Å²) >= 11 is 5.94. The monoisotopic (exact) mass is 459 g/mol. The van der Waals surface area contributed by atoms with Crippen LogP contribution in [0.2, 0.25) is 5.02 Å². The number of rotatable bonds is 3. The quantitative estimate of drug-likeness (QED) is 0.436. The molecule has 0 atom stereocenters. The van der Waals surface area contributed by atoms with E-state index < -0.39 is 0 Å². The summed E-state index contributed by atoms with van der Waals surface area (Å²) in [5.74, 6) is 0.629. The first kappa shape index (κ1) is 18.9. The van der Waals surface area contributed by atoms with Crippen LogP contribution in [0.25, 0.3) is 0 Å². The molecule has 0 spiro atoms. The lowest BCUT2D eigenvalue weighted by molar-refractivity contribution is 0.380. The molecule has 1 aromatic carbocycles. The molecule has 1 aromatic heterocycles. The maximum Gasteiger partial charge on any atom is 0.191 e. The van der Waals surface area contributed by atoms with Crippen LogP contribution in [0.3, 0.4) is 0 Å². The third-order valence-corrected chi connectivity index (χ3v) is 4.36. The Morgan fingerprint density at radius 2 is 1.79 bits per heavy atom. The van der Waals surface area contributed by atoms with Gasteiger partial charge in [-0.1, -0.05) is 11.6 Å². The van der Waals surface area contributed by atoms with Gasteiger partial charge >= 0.3 is 0 Å². The Bertz CT molecular complexity index is 675. The van der Waals surface area contributed by atoms with E-state index in [4.69, 9.17) is 17.3 Å². The predicted molar refractivity (Wildman–Crippen MR) is 111 cm³/mol. The van der Waals surface area contributed by atoms with Gasteiger partial charge in [-0.2, -0.15) is 0 Å². The van der Waals surface area contributed by atoms with Gasteiger partial charge in [-0.25, -0.2) is 4.99 Å². The Balaban J connectivity index is 0.00000208. The van der Waals surface area contributed by atoms with Crippen LogP contribution in [0.1, 0.15) is 5.56 Å². The van der Waals surface area contributed by atoms with E-state index in [1.165, 1.54) is 11.3 Å². The molecule has 1 saturated heterocycles. The lowest BCUT2D eigenvalue weighted by atomic mass is 10.2. The van der Waals surface area contributed by atoms with Crippen molar-refractivity contribution in [3.05, 3.63) is 53.3 Å². The smallest absolute Gasteiger partial charge is 0.191 e. The summed E-state index contributed by atoms with van der Waals surface area (Å²) in [6.07, 6.45) is 4.08. The second kappa shape index (κ2) is 8.62. The molecular weight excluding hydrogens is 437 g/mol. The number of hydrogen-bond acceptors (Lipinski definition) is 2. The number of nitrogens with two attached hydrogens (primary N) is 1. The van der Waals surface area contributed by atoms with Crippen molar-refractivity contribution in [1.29, 1.82) is 0 Å². The minimum Gasteiger partial charge on any atom is -0.370 e. The van der Waals surface area contributed by atoms with Gasteiger partial charge in [0.15, 0.2) is 5.96 Å². The van der Waals surface area contributed by atoms with E-state index in [0.29, 0.717) is 12.5 Å². The molecule has 2 heterocycles. The number of piperazine rings is 1. The zero-order valence-electron chi connectivity index (χ0n) is 13.7. The van der Waals surface area contributed by atoms with Crippen LogP contribution in [0.4, 0.5) is 5.69 Å². The summed E-state index contributed by atoms with van der Waals surface area (Å²) in [5.41, 5.74) is 8.52. The Hall–Kier alpha value is -1.41. The van der Waals surface area contributed by atoms with Crippen molar-refractivity contribution in [3.63, 3.8) is 0 Å². The van der Waals surface area contributed by atoms with E-state index in [1.54, 1.807) is 0 Å². The summed E-state index contributed by atoms with van der Waals surface area (Å²) in [5, 5.41) is 0.768. The highest BCUT2D eigenvalue weighted by Gasteiger charge is 2.18. The summed E-state index contributed by atoms with van der Waals surface area (Å²) in [6.45, 7) is 4.26.